The zero-order chi connectivity index (χ0) is 9.35. The Bertz CT molecular complexity index is 195. The van der Waals surface area contributed by atoms with Gasteiger partial charge in [0.15, 0.2) is 0 Å². The van der Waals surface area contributed by atoms with Gasteiger partial charge in [0.05, 0.1) is 0 Å². The second-order valence-electron chi connectivity index (χ2n) is 3.68. The van der Waals surface area contributed by atoms with Crippen LogP contribution in [-0.2, 0) is 4.79 Å². The molecule has 1 fully saturated rings. The second-order valence-corrected chi connectivity index (χ2v) is 3.68. The third-order valence-corrected chi connectivity index (χ3v) is 2.72. The first kappa shape index (κ1) is 9.48. The molecule has 70 valence electrons. The van der Waals surface area contributed by atoms with Crippen LogP contribution in [0.15, 0.2) is 0 Å². The third kappa shape index (κ3) is 1.59. The molecule has 1 saturated heterocycles. The number of hydrogen-bond acceptors (Lipinski definition) is 3. The zero-order valence-corrected chi connectivity index (χ0v) is 7.58. The van der Waals surface area contributed by atoms with Crippen LogP contribution in [0.3, 0.4) is 0 Å². The van der Waals surface area contributed by atoms with Gasteiger partial charge in [-0.2, -0.15) is 0 Å². The number of piperidine rings is 1. The molecule has 2 unspecified atom stereocenters. The predicted molar refractivity (Wildman–Crippen MR) is 45.5 cm³/mol. The van der Waals surface area contributed by atoms with E-state index in [0.717, 1.165) is 6.54 Å². The summed E-state index contributed by atoms with van der Waals surface area (Å²) in [4.78, 5) is 13.0. The Hall–Kier alpha value is -0.610. The summed E-state index contributed by atoms with van der Waals surface area (Å²) in [5.74, 6) is -0.595. The summed E-state index contributed by atoms with van der Waals surface area (Å²) in [6.45, 7) is 2.70. The maximum absolute atomic E-state index is 10.9. The topological polar surface area (TPSA) is 66.6 Å². The van der Waals surface area contributed by atoms with E-state index in [0.29, 0.717) is 12.8 Å². The largest absolute Gasteiger partial charge is 0.380 e. The molecule has 0 aromatic rings. The van der Waals surface area contributed by atoms with Gasteiger partial charge in [0.25, 0.3) is 0 Å². The minimum Gasteiger partial charge on any atom is -0.380 e. The Labute approximate surface area is 72.3 Å². The molecule has 0 aromatic heterocycles. The monoisotopic (exact) mass is 172 g/mol. The molecule has 0 radical (unpaired) electrons. The van der Waals surface area contributed by atoms with E-state index in [1.807, 2.05) is 14.0 Å². The maximum Gasteiger partial charge on any atom is 0.249 e. The molecule has 4 nitrogen and oxygen atoms in total. The standard InChI is InChI=1S/C8H16N2O2/c1-6-5-8(12,7(9)11)3-4-10(6)2/h6,12H,3-5H2,1-2H3,(H2,9,11). The van der Waals surface area contributed by atoms with Gasteiger partial charge >= 0.3 is 0 Å². The molecular weight excluding hydrogens is 156 g/mol. The third-order valence-electron chi connectivity index (χ3n) is 2.72. The Balaban J connectivity index is 2.66. The Morgan fingerprint density at radius 2 is 2.33 bits per heavy atom. The number of carbonyl (C=O) groups excluding carboxylic acids is 1. The summed E-state index contributed by atoms with van der Waals surface area (Å²) >= 11 is 0. The van der Waals surface area contributed by atoms with E-state index in [2.05, 4.69) is 4.90 Å². The van der Waals surface area contributed by atoms with E-state index in [1.165, 1.54) is 0 Å². The predicted octanol–water partition coefficient (Wildman–Crippen LogP) is -0.683. The van der Waals surface area contributed by atoms with Gasteiger partial charge in [-0.05, 0) is 20.4 Å². The van der Waals surface area contributed by atoms with Crippen molar-refractivity contribution >= 4 is 5.91 Å². The molecule has 0 spiro atoms. The average molecular weight is 172 g/mol. The fourth-order valence-corrected chi connectivity index (χ4v) is 1.55. The summed E-state index contributed by atoms with van der Waals surface area (Å²) in [5.41, 5.74) is 3.83. The van der Waals surface area contributed by atoms with Gasteiger partial charge < -0.3 is 15.7 Å². The molecule has 1 heterocycles. The van der Waals surface area contributed by atoms with Crippen LogP contribution in [0.25, 0.3) is 0 Å². The highest BCUT2D eigenvalue weighted by molar-refractivity contribution is 5.83. The SMILES string of the molecule is CC1CC(O)(C(N)=O)CCN1C. The van der Waals surface area contributed by atoms with Gasteiger partial charge in [0.1, 0.15) is 5.60 Å². The quantitative estimate of drug-likeness (QED) is 0.550. The van der Waals surface area contributed by atoms with Crippen LogP contribution in [0.2, 0.25) is 0 Å². The molecule has 1 rings (SSSR count). The summed E-state index contributed by atoms with van der Waals surface area (Å²) in [6, 6.07) is 0.219. The Kier molecular flexibility index (Phi) is 2.39. The molecule has 3 N–H and O–H groups in total. The van der Waals surface area contributed by atoms with E-state index in [4.69, 9.17) is 5.73 Å². The smallest absolute Gasteiger partial charge is 0.249 e. The lowest BCUT2D eigenvalue weighted by molar-refractivity contribution is -0.142. The van der Waals surface area contributed by atoms with Crippen LogP contribution < -0.4 is 5.73 Å². The molecule has 1 aliphatic rings. The fraction of sp³-hybridized carbons (Fsp3) is 0.875. The number of hydrogen-bond donors (Lipinski definition) is 2. The highest BCUT2D eigenvalue weighted by atomic mass is 16.3. The van der Waals surface area contributed by atoms with Crippen molar-refractivity contribution in [3.8, 4) is 0 Å². The lowest BCUT2D eigenvalue weighted by Gasteiger charge is -2.38. The minimum atomic E-state index is -1.27. The highest BCUT2D eigenvalue weighted by Crippen LogP contribution is 2.25. The van der Waals surface area contributed by atoms with E-state index in [1.54, 1.807) is 0 Å². The number of nitrogens with zero attached hydrogens (tertiary/aromatic N) is 1. The summed E-state index contributed by atoms with van der Waals surface area (Å²) < 4.78 is 0. The first-order valence-electron chi connectivity index (χ1n) is 4.18. The van der Waals surface area contributed by atoms with E-state index in [9.17, 15) is 9.90 Å². The first-order valence-corrected chi connectivity index (χ1v) is 4.18. The molecule has 1 aliphatic heterocycles. The van der Waals surface area contributed by atoms with Gasteiger partial charge in [0, 0.05) is 19.0 Å². The van der Waals surface area contributed by atoms with Crippen molar-refractivity contribution in [1.29, 1.82) is 0 Å². The summed E-state index contributed by atoms with van der Waals surface area (Å²) in [6.07, 6.45) is 0.891. The maximum atomic E-state index is 10.9. The fourth-order valence-electron chi connectivity index (χ4n) is 1.55. The molecule has 0 bridgehead atoms. The molecule has 2 atom stereocenters. The molecule has 0 aliphatic carbocycles. The molecule has 0 aromatic carbocycles. The van der Waals surface area contributed by atoms with Gasteiger partial charge in [-0.25, -0.2) is 0 Å². The summed E-state index contributed by atoms with van der Waals surface area (Å²) in [5, 5.41) is 9.74. The van der Waals surface area contributed by atoms with Crippen LogP contribution in [-0.4, -0.2) is 41.1 Å². The first-order chi connectivity index (χ1) is 5.46. The van der Waals surface area contributed by atoms with Crippen molar-refractivity contribution in [1.82, 2.24) is 4.90 Å². The van der Waals surface area contributed by atoms with Crippen LogP contribution >= 0.6 is 0 Å². The number of carbonyl (C=O) groups is 1. The van der Waals surface area contributed by atoms with Crippen molar-refractivity contribution in [3.63, 3.8) is 0 Å². The lowest BCUT2D eigenvalue weighted by Crippen LogP contribution is -2.54. The number of amides is 1. The number of likely N-dealkylation sites (tertiary alicyclic amines) is 1. The molecule has 0 saturated carbocycles. The second kappa shape index (κ2) is 3.03. The highest BCUT2D eigenvalue weighted by Gasteiger charge is 2.39. The van der Waals surface area contributed by atoms with Crippen molar-refractivity contribution in [2.75, 3.05) is 13.6 Å². The van der Waals surface area contributed by atoms with Gasteiger partial charge in [-0.15, -0.1) is 0 Å². The molecule has 4 heteroatoms. The van der Waals surface area contributed by atoms with Gasteiger partial charge in [-0.1, -0.05) is 0 Å². The number of nitrogens with two attached hydrogens (primary N) is 1. The van der Waals surface area contributed by atoms with Crippen LogP contribution in [0.5, 0.6) is 0 Å². The van der Waals surface area contributed by atoms with Crippen LogP contribution in [0.1, 0.15) is 19.8 Å². The number of aliphatic hydroxyl groups is 1. The average Bonchev–Trinajstić information content (AvgIpc) is 1.97. The van der Waals surface area contributed by atoms with E-state index >= 15 is 0 Å². The van der Waals surface area contributed by atoms with Gasteiger partial charge in [0.2, 0.25) is 5.91 Å². The Morgan fingerprint density at radius 3 is 2.75 bits per heavy atom. The van der Waals surface area contributed by atoms with Crippen molar-refractivity contribution in [3.05, 3.63) is 0 Å². The van der Waals surface area contributed by atoms with Crippen molar-refractivity contribution in [2.24, 2.45) is 5.73 Å². The summed E-state index contributed by atoms with van der Waals surface area (Å²) in [7, 11) is 1.98. The van der Waals surface area contributed by atoms with Crippen LogP contribution in [0, 0.1) is 0 Å². The normalized spacial score (nSPS) is 38.1. The molecular formula is C8H16N2O2. The van der Waals surface area contributed by atoms with Crippen LogP contribution in [0.4, 0.5) is 0 Å². The lowest BCUT2D eigenvalue weighted by atomic mass is 9.87. The van der Waals surface area contributed by atoms with Crippen molar-refractivity contribution in [2.45, 2.75) is 31.4 Å². The number of primary amides is 1. The van der Waals surface area contributed by atoms with E-state index in [-0.39, 0.29) is 6.04 Å². The Morgan fingerprint density at radius 1 is 1.75 bits per heavy atom. The minimum absolute atomic E-state index is 0.219. The molecule has 12 heavy (non-hydrogen) atoms. The zero-order valence-electron chi connectivity index (χ0n) is 7.58. The van der Waals surface area contributed by atoms with Gasteiger partial charge in [-0.3, -0.25) is 4.79 Å². The van der Waals surface area contributed by atoms with E-state index < -0.39 is 11.5 Å². The number of rotatable bonds is 1. The molecule has 1 amide bonds. The van der Waals surface area contributed by atoms with Crippen molar-refractivity contribution < 1.29 is 9.90 Å².